The van der Waals surface area contributed by atoms with Gasteiger partial charge in [-0.25, -0.2) is 4.98 Å². The molecule has 1 aromatic carbocycles. The van der Waals surface area contributed by atoms with Crippen molar-refractivity contribution >= 4 is 5.65 Å². The molecule has 0 saturated heterocycles. The fraction of sp³-hybridized carbons (Fsp3) is 0.235. The zero-order valence-corrected chi connectivity index (χ0v) is 12.6. The van der Waals surface area contributed by atoms with E-state index < -0.39 is 11.7 Å². The lowest BCUT2D eigenvalue weighted by atomic mass is 10.1. The predicted molar refractivity (Wildman–Crippen MR) is 82.1 cm³/mol. The molecule has 0 spiro atoms. The number of hydrogen-bond acceptors (Lipinski definition) is 2. The molecule has 2 N–H and O–H groups in total. The Kier molecular flexibility index (Phi) is 3.85. The van der Waals surface area contributed by atoms with Crippen LogP contribution < -0.4 is 5.73 Å². The molecule has 0 atom stereocenters. The highest BCUT2D eigenvalue weighted by Gasteiger charge is 2.31. The maximum Gasteiger partial charge on any atom is 0.417 e. The number of rotatable bonds is 3. The number of fused-ring (bicyclic) bond motifs is 1. The number of nitrogens with zero attached hydrogens (tertiary/aromatic N) is 2. The van der Waals surface area contributed by atoms with Gasteiger partial charge in [0, 0.05) is 19.2 Å². The van der Waals surface area contributed by atoms with Gasteiger partial charge in [0.25, 0.3) is 0 Å². The van der Waals surface area contributed by atoms with Crippen LogP contribution in [-0.4, -0.2) is 9.38 Å². The maximum atomic E-state index is 12.9. The van der Waals surface area contributed by atoms with Gasteiger partial charge in [-0.3, -0.25) is 0 Å². The number of alkyl halides is 3. The van der Waals surface area contributed by atoms with E-state index in [1.165, 1.54) is 10.5 Å². The molecule has 2 aromatic heterocycles. The van der Waals surface area contributed by atoms with E-state index in [4.69, 9.17) is 5.73 Å². The zero-order valence-electron chi connectivity index (χ0n) is 12.6. The van der Waals surface area contributed by atoms with Gasteiger partial charge in [0.05, 0.1) is 17.0 Å². The Morgan fingerprint density at radius 3 is 2.61 bits per heavy atom. The SMILES string of the molecule is Cc1cccc(Cc2nc3ccc(C(F)(F)F)cn3c2CN)c1. The molecule has 3 nitrogen and oxygen atoms in total. The second kappa shape index (κ2) is 5.70. The first-order chi connectivity index (χ1) is 10.9. The van der Waals surface area contributed by atoms with Crippen LogP contribution in [-0.2, 0) is 19.1 Å². The topological polar surface area (TPSA) is 43.3 Å². The third kappa shape index (κ3) is 3.07. The largest absolute Gasteiger partial charge is 0.417 e. The number of nitrogens with two attached hydrogens (primary N) is 1. The predicted octanol–water partition coefficient (Wildman–Crippen LogP) is 3.71. The van der Waals surface area contributed by atoms with Crippen LogP contribution in [0.2, 0.25) is 0 Å². The van der Waals surface area contributed by atoms with E-state index in [2.05, 4.69) is 4.98 Å². The number of aryl methyl sites for hydroxylation is 1. The summed E-state index contributed by atoms with van der Waals surface area (Å²) in [5.74, 6) is 0. The highest BCUT2D eigenvalue weighted by molar-refractivity contribution is 5.46. The lowest BCUT2D eigenvalue weighted by Gasteiger charge is -2.08. The first kappa shape index (κ1) is 15.6. The average molecular weight is 319 g/mol. The van der Waals surface area contributed by atoms with Gasteiger partial charge in [-0.1, -0.05) is 29.8 Å². The van der Waals surface area contributed by atoms with Crippen LogP contribution in [0.4, 0.5) is 13.2 Å². The Morgan fingerprint density at radius 2 is 1.96 bits per heavy atom. The molecule has 0 fully saturated rings. The van der Waals surface area contributed by atoms with Gasteiger partial charge in [0.2, 0.25) is 0 Å². The smallest absolute Gasteiger partial charge is 0.325 e. The van der Waals surface area contributed by atoms with Gasteiger partial charge in [-0.05, 0) is 24.6 Å². The highest BCUT2D eigenvalue weighted by Crippen LogP contribution is 2.30. The van der Waals surface area contributed by atoms with Crippen molar-refractivity contribution in [2.24, 2.45) is 5.73 Å². The minimum Gasteiger partial charge on any atom is -0.325 e. The fourth-order valence-electron chi connectivity index (χ4n) is 2.68. The molecular weight excluding hydrogens is 303 g/mol. The summed E-state index contributed by atoms with van der Waals surface area (Å²) in [7, 11) is 0. The van der Waals surface area contributed by atoms with E-state index in [0.29, 0.717) is 23.5 Å². The minimum absolute atomic E-state index is 0.129. The quantitative estimate of drug-likeness (QED) is 0.800. The van der Waals surface area contributed by atoms with E-state index in [9.17, 15) is 13.2 Å². The molecule has 120 valence electrons. The molecule has 0 saturated carbocycles. The molecule has 0 aliphatic heterocycles. The molecule has 3 aromatic rings. The van der Waals surface area contributed by atoms with Crippen molar-refractivity contribution in [1.29, 1.82) is 0 Å². The highest BCUT2D eigenvalue weighted by atomic mass is 19.4. The van der Waals surface area contributed by atoms with Crippen LogP contribution >= 0.6 is 0 Å². The summed E-state index contributed by atoms with van der Waals surface area (Å²) in [6.07, 6.45) is -2.79. The van der Waals surface area contributed by atoms with Crippen molar-refractivity contribution < 1.29 is 13.2 Å². The van der Waals surface area contributed by atoms with Crippen LogP contribution in [0.1, 0.15) is 28.1 Å². The molecular formula is C17H16F3N3. The first-order valence-corrected chi connectivity index (χ1v) is 7.21. The number of benzene rings is 1. The number of hydrogen-bond donors (Lipinski definition) is 1. The molecule has 0 radical (unpaired) electrons. The summed E-state index contributed by atoms with van der Waals surface area (Å²) in [4.78, 5) is 4.45. The van der Waals surface area contributed by atoms with Crippen LogP contribution in [0.5, 0.6) is 0 Å². The number of pyridine rings is 1. The summed E-state index contributed by atoms with van der Waals surface area (Å²) >= 11 is 0. The molecule has 0 amide bonds. The van der Waals surface area contributed by atoms with E-state index in [-0.39, 0.29) is 6.54 Å². The van der Waals surface area contributed by atoms with Gasteiger partial charge in [-0.2, -0.15) is 13.2 Å². The van der Waals surface area contributed by atoms with E-state index >= 15 is 0 Å². The van der Waals surface area contributed by atoms with Crippen LogP contribution in [0.15, 0.2) is 42.6 Å². The minimum atomic E-state index is -4.39. The molecule has 0 bridgehead atoms. The summed E-state index contributed by atoms with van der Waals surface area (Å²) in [6.45, 7) is 2.12. The number of aromatic nitrogens is 2. The number of halogens is 3. The van der Waals surface area contributed by atoms with E-state index in [0.717, 1.165) is 23.4 Å². The molecule has 23 heavy (non-hydrogen) atoms. The summed E-state index contributed by atoms with van der Waals surface area (Å²) in [6, 6.07) is 10.4. The Bertz CT molecular complexity index is 850. The molecule has 0 unspecified atom stereocenters. The van der Waals surface area contributed by atoms with Crippen molar-refractivity contribution in [1.82, 2.24) is 9.38 Å². The first-order valence-electron chi connectivity index (χ1n) is 7.21. The van der Waals surface area contributed by atoms with Crippen molar-refractivity contribution in [2.45, 2.75) is 26.1 Å². The Labute approximate surface area is 131 Å². The molecule has 3 rings (SSSR count). The second-order valence-electron chi connectivity index (χ2n) is 5.52. The summed E-state index contributed by atoms with van der Waals surface area (Å²) in [5, 5.41) is 0. The molecule has 2 heterocycles. The lowest BCUT2D eigenvalue weighted by molar-refractivity contribution is -0.137. The van der Waals surface area contributed by atoms with Crippen molar-refractivity contribution in [3.63, 3.8) is 0 Å². The Morgan fingerprint density at radius 1 is 1.17 bits per heavy atom. The van der Waals surface area contributed by atoms with Gasteiger partial charge in [-0.15, -0.1) is 0 Å². The zero-order chi connectivity index (χ0) is 16.6. The normalized spacial score (nSPS) is 12.0. The van der Waals surface area contributed by atoms with E-state index in [1.54, 1.807) is 0 Å². The Balaban J connectivity index is 2.07. The summed E-state index contributed by atoms with van der Waals surface area (Å²) in [5.41, 5.74) is 9.02. The summed E-state index contributed by atoms with van der Waals surface area (Å²) < 4.78 is 40.1. The van der Waals surface area contributed by atoms with E-state index in [1.807, 2.05) is 31.2 Å². The van der Waals surface area contributed by atoms with Crippen LogP contribution in [0.25, 0.3) is 5.65 Å². The second-order valence-corrected chi connectivity index (χ2v) is 5.52. The van der Waals surface area contributed by atoms with Crippen LogP contribution in [0, 0.1) is 6.92 Å². The maximum absolute atomic E-state index is 12.9. The standard InChI is InChI=1S/C17H16F3N3/c1-11-3-2-4-12(7-11)8-14-15(9-21)23-10-13(17(18,19)20)5-6-16(23)22-14/h2-7,10H,8-9,21H2,1H3. The molecule has 0 aliphatic rings. The lowest BCUT2D eigenvalue weighted by Crippen LogP contribution is -2.09. The van der Waals surface area contributed by atoms with Crippen molar-refractivity contribution in [3.05, 3.63) is 70.7 Å². The number of imidazole rings is 1. The third-order valence-corrected chi connectivity index (χ3v) is 3.78. The van der Waals surface area contributed by atoms with Crippen molar-refractivity contribution in [3.8, 4) is 0 Å². The van der Waals surface area contributed by atoms with Crippen LogP contribution in [0.3, 0.4) is 0 Å². The van der Waals surface area contributed by atoms with Gasteiger partial charge < -0.3 is 10.1 Å². The fourth-order valence-corrected chi connectivity index (χ4v) is 2.68. The Hall–Kier alpha value is -2.34. The monoisotopic (exact) mass is 319 g/mol. The average Bonchev–Trinajstić information content (AvgIpc) is 2.82. The third-order valence-electron chi connectivity index (χ3n) is 3.78. The van der Waals surface area contributed by atoms with Gasteiger partial charge in [0.15, 0.2) is 0 Å². The van der Waals surface area contributed by atoms with Crippen molar-refractivity contribution in [2.75, 3.05) is 0 Å². The molecule has 6 heteroatoms. The molecule has 0 aliphatic carbocycles. The van der Waals surface area contributed by atoms with Gasteiger partial charge in [0.1, 0.15) is 5.65 Å². The van der Waals surface area contributed by atoms with Gasteiger partial charge >= 0.3 is 6.18 Å².